The largest absolute Gasteiger partial charge is 0.383 e. The molecule has 4 heteroatoms. The molecule has 0 aliphatic carbocycles. The lowest BCUT2D eigenvalue weighted by Gasteiger charge is -2.45. The van der Waals surface area contributed by atoms with E-state index in [1.165, 1.54) is 5.56 Å². The Morgan fingerprint density at radius 2 is 1.93 bits per heavy atom. The molecule has 0 saturated heterocycles. The van der Waals surface area contributed by atoms with Gasteiger partial charge in [-0.05, 0) is 42.7 Å². The topological polar surface area (TPSA) is 41.6 Å². The third-order valence-corrected chi connectivity index (χ3v) is 6.02. The standard InChI is InChI=1S/C26H34N2O2/c1-5-7-13-22-19(3)23-18-21(26(29)27-16-17-30-4)14-15-24(23)28(6-2)25(22)20-11-9-8-10-12-20/h8-12,14-15,18,22,25H,3,5-7,13,16-17H2,1-2,4H3,(H,27,29). The fourth-order valence-electron chi connectivity index (χ4n) is 4.50. The molecule has 0 fully saturated rings. The molecular formula is C26H34N2O2. The number of rotatable bonds is 9. The Hall–Kier alpha value is -2.59. The van der Waals surface area contributed by atoms with Gasteiger partial charge in [0.05, 0.1) is 12.6 Å². The van der Waals surface area contributed by atoms with E-state index in [0.717, 1.165) is 42.6 Å². The number of nitrogens with one attached hydrogen (secondary N) is 1. The predicted octanol–water partition coefficient (Wildman–Crippen LogP) is 5.46. The number of carbonyl (C=O) groups excluding carboxylic acids is 1. The molecule has 2 atom stereocenters. The average Bonchev–Trinajstić information content (AvgIpc) is 2.78. The zero-order valence-electron chi connectivity index (χ0n) is 18.5. The summed E-state index contributed by atoms with van der Waals surface area (Å²) in [5.74, 6) is 0.257. The van der Waals surface area contributed by atoms with Crippen LogP contribution in [-0.2, 0) is 4.74 Å². The van der Waals surface area contributed by atoms with Gasteiger partial charge in [0.25, 0.3) is 5.91 Å². The van der Waals surface area contributed by atoms with Gasteiger partial charge in [-0.25, -0.2) is 0 Å². The number of ether oxygens (including phenoxy) is 1. The minimum atomic E-state index is -0.0685. The average molecular weight is 407 g/mol. The summed E-state index contributed by atoms with van der Waals surface area (Å²) in [5, 5.41) is 2.92. The molecule has 2 aromatic rings. The third-order valence-electron chi connectivity index (χ3n) is 6.02. The number of unbranched alkanes of at least 4 members (excludes halogenated alkanes) is 1. The Kier molecular flexibility index (Phi) is 7.69. The van der Waals surface area contributed by atoms with E-state index in [2.05, 4.69) is 67.0 Å². The lowest BCUT2D eigenvalue weighted by atomic mass is 9.76. The van der Waals surface area contributed by atoms with Crippen LogP contribution in [0, 0.1) is 5.92 Å². The van der Waals surface area contributed by atoms with E-state index in [9.17, 15) is 4.79 Å². The van der Waals surface area contributed by atoms with Gasteiger partial charge in [-0.2, -0.15) is 0 Å². The van der Waals surface area contributed by atoms with Crippen molar-refractivity contribution in [3.8, 4) is 0 Å². The molecule has 2 unspecified atom stereocenters. The second-order valence-electron chi connectivity index (χ2n) is 7.90. The molecule has 4 nitrogen and oxygen atoms in total. The zero-order valence-corrected chi connectivity index (χ0v) is 18.5. The minimum Gasteiger partial charge on any atom is -0.383 e. The van der Waals surface area contributed by atoms with Crippen LogP contribution in [0.3, 0.4) is 0 Å². The number of hydrogen-bond acceptors (Lipinski definition) is 3. The monoisotopic (exact) mass is 406 g/mol. The molecule has 1 amide bonds. The van der Waals surface area contributed by atoms with Crippen molar-refractivity contribution >= 4 is 17.2 Å². The summed E-state index contributed by atoms with van der Waals surface area (Å²) in [7, 11) is 1.63. The fourth-order valence-corrected chi connectivity index (χ4v) is 4.50. The van der Waals surface area contributed by atoms with Crippen LogP contribution >= 0.6 is 0 Å². The molecular weight excluding hydrogens is 372 g/mol. The van der Waals surface area contributed by atoms with E-state index in [1.807, 2.05) is 12.1 Å². The maximum atomic E-state index is 12.6. The summed E-state index contributed by atoms with van der Waals surface area (Å²) in [4.78, 5) is 15.1. The summed E-state index contributed by atoms with van der Waals surface area (Å²) in [6.07, 6.45) is 3.42. The van der Waals surface area contributed by atoms with Crippen LogP contribution < -0.4 is 10.2 Å². The smallest absolute Gasteiger partial charge is 0.251 e. The number of amides is 1. The molecule has 160 valence electrons. The van der Waals surface area contributed by atoms with Gasteiger partial charge in [-0.1, -0.05) is 56.7 Å². The van der Waals surface area contributed by atoms with Crippen molar-refractivity contribution in [2.24, 2.45) is 5.92 Å². The summed E-state index contributed by atoms with van der Waals surface area (Å²) in [6, 6.07) is 17.0. The molecule has 30 heavy (non-hydrogen) atoms. The zero-order chi connectivity index (χ0) is 21.5. The van der Waals surface area contributed by atoms with Crippen LogP contribution in [0.5, 0.6) is 0 Å². The highest BCUT2D eigenvalue weighted by Gasteiger charge is 2.37. The Balaban J connectivity index is 2.00. The first-order valence-corrected chi connectivity index (χ1v) is 11.0. The number of anilines is 1. The fraction of sp³-hybridized carbons (Fsp3) is 0.423. The van der Waals surface area contributed by atoms with Crippen molar-refractivity contribution in [3.63, 3.8) is 0 Å². The number of nitrogens with zero attached hydrogens (tertiary/aromatic N) is 1. The molecule has 3 rings (SSSR count). The minimum absolute atomic E-state index is 0.0685. The van der Waals surface area contributed by atoms with Crippen molar-refractivity contribution in [1.82, 2.24) is 5.32 Å². The van der Waals surface area contributed by atoms with Gasteiger partial charge in [0.1, 0.15) is 0 Å². The van der Waals surface area contributed by atoms with Gasteiger partial charge in [-0.3, -0.25) is 4.79 Å². The summed E-state index contributed by atoms with van der Waals surface area (Å²) in [5.41, 5.74) is 5.41. The molecule has 1 heterocycles. The highest BCUT2D eigenvalue weighted by Crippen LogP contribution is 2.49. The van der Waals surface area contributed by atoms with Crippen LogP contribution in [0.4, 0.5) is 5.69 Å². The normalized spacial score (nSPS) is 18.2. The van der Waals surface area contributed by atoms with Crippen molar-refractivity contribution in [3.05, 3.63) is 71.8 Å². The van der Waals surface area contributed by atoms with Crippen molar-refractivity contribution in [2.45, 2.75) is 39.2 Å². The lowest BCUT2D eigenvalue weighted by Crippen LogP contribution is -2.38. The Bertz CT molecular complexity index is 863. The van der Waals surface area contributed by atoms with Crippen LogP contribution in [0.1, 0.15) is 60.6 Å². The number of benzene rings is 2. The van der Waals surface area contributed by atoms with Gasteiger partial charge >= 0.3 is 0 Å². The van der Waals surface area contributed by atoms with Crippen LogP contribution in [0.25, 0.3) is 5.57 Å². The van der Waals surface area contributed by atoms with Crippen LogP contribution in [-0.4, -0.2) is 32.7 Å². The number of hydrogen-bond donors (Lipinski definition) is 1. The number of methoxy groups -OCH3 is 1. The first kappa shape index (κ1) is 22.1. The van der Waals surface area contributed by atoms with Gasteiger partial charge in [0.2, 0.25) is 0 Å². The van der Waals surface area contributed by atoms with Gasteiger partial charge in [0.15, 0.2) is 0 Å². The highest BCUT2D eigenvalue weighted by atomic mass is 16.5. The lowest BCUT2D eigenvalue weighted by molar-refractivity contribution is 0.0937. The Morgan fingerprint density at radius 3 is 2.60 bits per heavy atom. The SMILES string of the molecule is C=C1c2cc(C(=O)NCCOC)ccc2N(CC)C(c2ccccc2)C1CCCC. The molecule has 0 aromatic heterocycles. The highest BCUT2D eigenvalue weighted by molar-refractivity contribution is 5.96. The van der Waals surface area contributed by atoms with Gasteiger partial charge in [-0.15, -0.1) is 0 Å². The second-order valence-corrected chi connectivity index (χ2v) is 7.90. The van der Waals surface area contributed by atoms with Crippen molar-refractivity contribution < 1.29 is 9.53 Å². The summed E-state index contributed by atoms with van der Waals surface area (Å²) >= 11 is 0. The molecule has 1 aliphatic heterocycles. The van der Waals surface area contributed by atoms with E-state index >= 15 is 0 Å². The molecule has 1 aliphatic rings. The maximum Gasteiger partial charge on any atom is 0.251 e. The predicted molar refractivity (Wildman–Crippen MR) is 125 cm³/mol. The van der Waals surface area contributed by atoms with E-state index in [4.69, 9.17) is 4.74 Å². The first-order valence-electron chi connectivity index (χ1n) is 11.0. The molecule has 2 aromatic carbocycles. The quantitative estimate of drug-likeness (QED) is 0.562. The van der Waals surface area contributed by atoms with E-state index < -0.39 is 0 Å². The number of carbonyl (C=O) groups is 1. The molecule has 0 saturated carbocycles. The molecule has 0 bridgehead atoms. The van der Waals surface area contributed by atoms with Gasteiger partial charge in [0, 0.05) is 42.9 Å². The summed E-state index contributed by atoms with van der Waals surface area (Å²) < 4.78 is 5.03. The Morgan fingerprint density at radius 1 is 1.17 bits per heavy atom. The van der Waals surface area contributed by atoms with E-state index in [1.54, 1.807) is 7.11 Å². The van der Waals surface area contributed by atoms with Crippen molar-refractivity contribution in [1.29, 1.82) is 0 Å². The van der Waals surface area contributed by atoms with E-state index in [-0.39, 0.29) is 11.9 Å². The number of fused-ring (bicyclic) bond motifs is 1. The Labute approximate surface area is 180 Å². The maximum absolute atomic E-state index is 12.6. The van der Waals surface area contributed by atoms with Crippen LogP contribution in [0.15, 0.2) is 55.1 Å². The van der Waals surface area contributed by atoms with Crippen molar-refractivity contribution in [2.75, 3.05) is 31.7 Å². The van der Waals surface area contributed by atoms with Gasteiger partial charge < -0.3 is 15.0 Å². The molecule has 1 N–H and O–H groups in total. The van der Waals surface area contributed by atoms with E-state index in [0.29, 0.717) is 24.6 Å². The molecule has 0 radical (unpaired) electrons. The van der Waals surface area contributed by atoms with Crippen LogP contribution in [0.2, 0.25) is 0 Å². The first-order chi connectivity index (χ1) is 14.6. The molecule has 0 spiro atoms. The third kappa shape index (κ3) is 4.59. The summed E-state index contributed by atoms with van der Waals surface area (Å²) in [6.45, 7) is 10.9. The second kappa shape index (κ2) is 10.4.